The van der Waals surface area contributed by atoms with Crippen LogP contribution in [0.1, 0.15) is 55.4 Å². The van der Waals surface area contributed by atoms with E-state index in [0.717, 1.165) is 18.5 Å². The third-order valence-corrected chi connectivity index (χ3v) is 2.82. The van der Waals surface area contributed by atoms with E-state index >= 15 is 0 Å². The van der Waals surface area contributed by atoms with Crippen LogP contribution in [0.4, 0.5) is 0 Å². The molecule has 0 unspecified atom stereocenters. The van der Waals surface area contributed by atoms with E-state index in [9.17, 15) is 4.79 Å². The molecule has 0 bridgehead atoms. The summed E-state index contributed by atoms with van der Waals surface area (Å²) in [7, 11) is 0. The summed E-state index contributed by atoms with van der Waals surface area (Å²) in [6.07, 6.45) is 2.59. The molecule has 0 radical (unpaired) electrons. The molecule has 0 saturated carbocycles. The molecule has 0 aliphatic carbocycles. The number of rotatable bonds is 5. The lowest BCUT2D eigenvalue weighted by molar-refractivity contribution is 0.0932. The minimum Gasteiger partial charge on any atom is -0.361 e. The highest BCUT2D eigenvalue weighted by Crippen LogP contribution is 2.14. The number of nitrogens with one attached hydrogen (secondary N) is 1. The summed E-state index contributed by atoms with van der Waals surface area (Å²) >= 11 is 0. The van der Waals surface area contributed by atoms with Gasteiger partial charge in [-0.1, -0.05) is 25.9 Å². The number of aromatic nitrogens is 1. The molecule has 0 atom stereocenters. The van der Waals surface area contributed by atoms with Crippen LogP contribution in [0.25, 0.3) is 0 Å². The van der Waals surface area contributed by atoms with Gasteiger partial charge in [0.15, 0.2) is 0 Å². The summed E-state index contributed by atoms with van der Waals surface area (Å²) in [6.45, 7) is 7.87. The molecule has 0 saturated heterocycles. The van der Waals surface area contributed by atoms with Crippen LogP contribution in [0, 0.1) is 6.92 Å². The van der Waals surface area contributed by atoms with E-state index < -0.39 is 0 Å². The molecule has 1 heterocycles. The number of carbonyl (C=O) groups is 1. The lowest BCUT2D eigenvalue weighted by Gasteiger charge is -2.14. The fourth-order valence-electron chi connectivity index (χ4n) is 1.70. The Morgan fingerprint density at radius 2 is 2.00 bits per heavy atom. The zero-order chi connectivity index (χ0) is 12.1. The SMILES string of the molecule is CCc1noc(C)c1C(=O)NC(CC)CC. The van der Waals surface area contributed by atoms with Gasteiger partial charge in [-0.05, 0) is 26.2 Å². The van der Waals surface area contributed by atoms with E-state index in [4.69, 9.17) is 4.52 Å². The highest BCUT2D eigenvalue weighted by atomic mass is 16.5. The lowest BCUT2D eigenvalue weighted by Crippen LogP contribution is -2.34. The highest BCUT2D eigenvalue weighted by Gasteiger charge is 2.20. The van der Waals surface area contributed by atoms with Crippen molar-refractivity contribution in [3.8, 4) is 0 Å². The monoisotopic (exact) mass is 224 g/mol. The van der Waals surface area contributed by atoms with Crippen molar-refractivity contribution in [2.24, 2.45) is 0 Å². The lowest BCUT2D eigenvalue weighted by atomic mass is 10.1. The van der Waals surface area contributed by atoms with Crippen LogP contribution >= 0.6 is 0 Å². The normalized spacial score (nSPS) is 10.8. The molecule has 0 aliphatic rings. The zero-order valence-electron chi connectivity index (χ0n) is 10.5. The Bertz CT molecular complexity index is 354. The average Bonchev–Trinajstić information content (AvgIpc) is 2.67. The zero-order valence-corrected chi connectivity index (χ0v) is 10.5. The molecule has 1 rings (SSSR count). The third kappa shape index (κ3) is 2.62. The Morgan fingerprint density at radius 3 is 2.50 bits per heavy atom. The first-order chi connectivity index (χ1) is 7.63. The number of aryl methyl sites for hydroxylation is 2. The van der Waals surface area contributed by atoms with Gasteiger partial charge >= 0.3 is 0 Å². The van der Waals surface area contributed by atoms with E-state index in [1.54, 1.807) is 6.92 Å². The van der Waals surface area contributed by atoms with Crippen LogP contribution in [-0.2, 0) is 6.42 Å². The van der Waals surface area contributed by atoms with Gasteiger partial charge in [0.2, 0.25) is 0 Å². The van der Waals surface area contributed by atoms with Gasteiger partial charge in [0.05, 0.1) is 5.69 Å². The van der Waals surface area contributed by atoms with Gasteiger partial charge in [-0.3, -0.25) is 4.79 Å². The van der Waals surface area contributed by atoms with E-state index in [0.29, 0.717) is 17.7 Å². The molecule has 0 aromatic carbocycles. The summed E-state index contributed by atoms with van der Waals surface area (Å²) < 4.78 is 5.05. The third-order valence-electron chi connectivity index (χ3n) is 2.82. The summed E-state index contributed by atoms with van der Waals surface area (Å²) in [5.74, 6) is 0.532. The first-order valence-corrected chi connectivity index (χ1v) is 5.89. The van der Waals surface area contributed by atoms with Crippen LogP contribution in [-0.4, -0.2) is 17.1 Å². The molecule has 1 aromatic rings. The van der Waals surface area contributed by atoms with Gasteiger partial charge in [0.1, 0.15) is 11.3 Å². The second-order valence-electron chi connectivity index (χ2n) is 3.90. The molecule has 90 valence electrons. The number of hydrogen-bond donors (Lipinski definition) is 1. The molecule has 1 N–H and O–H groups in total. The molecule has 4 nitrogen and oxygen atoms in total. The molecule has 1 amide bonds. The molecule has 0 fully saturated rings. The van der Waals surface area contributed by atoms with Crippen molar-refractivity contribution in [3.63, 3.8) is 0 Å². The second kappa shape index (κ2) is 5.68. The standard InChI is InChI=1S/C12H20N2O2/c1-5-9(6-2)13-12(15)11-8(4)16-14-10(11)7-3/h9H,5-7H2,1-4H3,(H,13,15). The summed E-state index contributed by atoms with van der Waals surface area (Å²) in [4.78, 5) is 12.0. The van der Waals surface area contributed by atoms with Crippen molar-refractivity contribution in [1.29, 1.82) is 0 Å². The summed E-state index contributed by atoms with van der Waals surface area (Å²) in [6, 6.07) is 0.228. The Hall–Kier alpha value is -1.32. The van der Waals surface area contributed by atoms with E-state index in [1.807, 2.05) is 6.92 Å². The van der Waals surface area contributed by atoms with Gasteiger partial charge in [-0.2, -0.15) is 0 Å². The van der Waals surface area contributed by atoms with E-state index in [1.165, 1.54) is 0 Å². The Morgan fingerprint density at radius 1 is 1.38 bits per heavy atom. The molecule has 16 heavy (non-hydrogen) atoms. The first-order valence-electron chi connectivity index (χ1n) is 5.89. The van der Waals surface area contributed by atoms with Gasteiger partial charge in [-0.25, -0.2) is 0 Å². The Labute approximate surface area is 96.4 Å². The smallest absolute Gasteiger partial charge is 0.257 e. The Kier molecular flexibility index (Phi) is 4.52. The minimum atomic E-state index is -0.0655. The van der Waals surface area contributed by atoms with E-state index in [2.05, 4.69) is 24.3 Å². The largest absolute Gasteiger partial charge is 0.361 e. The summed E-state index contributed by atoms with van der Waals surface area (Å²) in [5.41, 5.74) is 1.34. The molecule has 4 heteroatoms. The number of carbonyl (C=O) groups excluding carboxylic acids is 1. The van der Waals surface area contributed by atoms with Gasteiger partial charge in [0.25, 0.3) is 5.91 Å². The molecule has 0 aliphatic heterocycles. The van der Waals surface area contributed by atoms with Crippen molar-refractivity contribution in [2.45, 2.75) is 53.0 Å². The maximum Gasteiger partial charge on any atom is 0.257 e. The average molecular weight is 224 g/mol. The van der Waals surface area contributed by atoms with E-state index in [-0.39, 0.29) is 11.9 Å². The van der Waals surface area contributed by atoms with Gasteiger partial charge in [-0.15, -0.1) is 0 Å². The topological polar surface area (TPSA) is 55.1 Å². The van der Waals surface area contributed by atoms with Crippen LogP contribution < -0.4 is 5.32 Å². The van der Waals surface area contributed by atoms with Crippen molar-refractivity contribution < 1.29 is 9.32 Å². The highest BCUT2D eigenvalue weighted by molar-refractivity contribution is 5.96. The quantitative estimate of drug-likeness (QED) is 0.835. The van der Waals surface area contributed by atoms with Crippen molar-refractivity contribution in [3.05, 3.63) is 17.0 Å². The van der Waals surface area contributed by atoms with Crippen LogP contribution in [0.3, 0.4) is 0 Å². The van der Waals surface area contributed by atoms with Gasteiger partial charge in [0, 0.05) is 6.04 Å². The van der Waals surface area contributed by atoms with Gasteiger partial charge < -0.3 is 9.84 Å². The van der Waals surface area contributed by atoms with Crippen LogP contribution in [0.2, 0.25) is 0 Å². The maximum atomic E-state index is 12.0. The second-order valence-corrected chi connectivity index (χ2v) is 3.90. The number of amides is 1. The molecular weight excluding hydrogens is 204 g/mol. The van der Waals surface area contributed by atoms with Crippen LogP contribution in [0.5, 0.6) is 0 Å². The molecule has 0 spiro atoms. The fraction of sp³-hybridized carbons (Fsp3) is 0.667. The van der Waals surface area contributed by atoms with Crippen LogP contribution in [0.15, 0.2) is 4.52 Å². The number of hydrogen-bond acceptors (Lipinski definition) is 3. The molecule has 1 aromatic heterocycles. The van der Waals surface area contributed by atoms with Crippen molar-refractivity contribution in [2.75, 3.05) is 0 Å². The number of nitrogens with zero attached hydrogens (tertiary/aromatic N) is 1. The fourth-order valence-corrected chi connectivity index (χ4v) is 1.70. The maximum absolute atomic E-state index is 12.0. The first kappa shape index (κ1) is 12.7. The van der Waals surface area contributed by atoms with Crippen molar-refractivity contribution >= 4 is 5.91 Å². The van der Waals surface area contributed by atoms with Crippen molar-refractivity contribution in [1.82, 2.24) is 10.5 Å². The molecular formula is C12H20N2O2. The minimum absolute atomic E-state index is 0.0655. The Balaban J connectivity index is 2.83. The predicted octanol–water partition coefficient (Wildman–Crippen LogP) is 2.46. The predicted molar refractivity (Wildman–Crippen MR) is 62.5 cm³/mol. The summed E-state index contributed by atoms with van der Waals surface area (Å²) in [5, 5.41) is 6.87.